The van der Waals surface area contributed by atoms with E-state index in [2.05, 4.69) is 43.9 Å². The fraction of sp³-hybridized carbons (Fsp3) is 0.462. The third-order valence-electron chi connectivity index (χ3n) is 2.63. The number of nitrogens with zero attached hydrogens (tertiary/aromatic N) is 1. The van der Waals surface area contributed by atoms with Gasteiger partial charge in [0.15, 0.2) is 0 Å². The van der Waals surface area contributed by atoms with Crippen LogP contribution in [0.1, 0.15) is 31.4 Å². The molecule has 1 rings (SSSR count). The van der Waals surface area contributed by atoms with Crippen molar-refractivity contribution in [2.75, 3.05) is 18.0 Å². The standard InChI is InChI=1S/C13H20N2S/c1-4-8-15(5-2)12-7-6-10(3)9-11(12)13(14)16/h6-7,9H,4-5,8H2,1-3H3,(H2,14,16). The SMILES string of the molecule is CCCN(CC)c1ccc(C)cc1C(N)=S. The van der Waals surface area contributed by atoms with Crippen molar-refractivity contribution >= 4 is 22.9 Å². The Bertz CT molecular complexity index is 374. The van der Waals surface area contributed by atoms with E-state index in [1.54, 1.807) is 0 Å². The lowest BCUT2D eigenvalue weighted by atomic mass is 10.1. The Hall–Kier alpha value is -1.09. The van der Waals surface area contributed by atoms with E-state index in [0.29, 0.717) is 4.99 Å². The third-order valence-corrected chi connectivity index (χ3v) is 2.85. The van der Waals surface area contributed by atoms with E-state index in [-0.39, 0.29) is 0 Å². The minimum Gasteiger partial charge on any atom is -0.389 e. The molecule has 0 aromatic heterocycles. The monoisotopic (exact) mass is 236 g/mol. The van der Waals surface area contributed by atoms with E-state index >= 15 is 0 Å². The molecule has 88 valence electrons. The number of hydrogen-bond donors (Lipinski definition) is 1. The lowest BCUT2D eigenvalue weighted by Crippen LogP contribution is -2.26. The van der Waals surface area contributed by atoms with Crippen LogP contribution in [0.15, 0.2) is 18.2 Å². The van der Waals surface area contributed by atoms with Crippen LogP contribution < -0.4 is 10.6 Å². The highest BCUT2D eigenvalue weighted by atomic mass is 32.1. The van der Waals surface area contributed by atoms with E-state index in [1.165, 1.54) is 5.56 Å². The molecule has 2 N–H and O–H groups in total. The van der Waals surface area contributed by atoms with Gasteiger partial charge in [-0.25, -0.2) is 0 Å². The number of hydrogen-bond acceptors (Lipinski definition) is 2. The molecule has 0 atom stereocenters. The van der Waals surface area contributed by atoms with Gasteiger partial charge in [0.1, 0.15) is 4.99 Å². The predicted octanol–water partition coefficient (Wildman–Crippen LogP) is 2.87. The van der Waals surface area contributed by atoms with Crippen LogP contribution in [0.3, 0.4) is 0 Å². The average Bonchev–Trinajstić information content (AvgIpc) is 2.26. The average molecular weight is 236 g/mol. The molecule has 0 aliphatic carbocycles. The zero-order valence-corrected chi connectivity index (χ0v) is 11.1. The lowest BCUT2D eigenvalue weighted by molar-refractivity contribution is 0.791. The summed E-state index contributed by atoms with van der Waals surface area (Å²) in [6.07, 6.45) is 1.12. The van der Waals surface area contributed by atoms with Gasteiger partial charge in [-0.1, -0.05) is 30.8 Å². The molecule has 0 fully saturated rings. The first-order valence-electron chi connectivity index (χ1n) is 5.75. The van der Waals surface area contributed by atoms with Crippen molar-refractivity contribution < 1.29 is 0 Å². The molecule has 1 aromatic rings. The summed E-state index contributed by atoms with van der Waals surface area (Å²) >= 11 is 5.11. The molecule has 0 amide bonds. The maximum absolute atomic E-state index is 5.78. The maximum atomic E-state index is 5.78. The fourth-order valence-electron chi connectivity index (χ4n) is 1.84. The van der Waals surface area contributed by atoms with Crippen LogP contribution in [0.25, 0.3) is 0 Å². The summed E-state index contributed by atoms with van der Waals surface area (Å²) in [6, 6.07) is 6.29. The highest BCUT2D eigenvalue weighted by molar-refractivity contribution is 7.80. The smallest absolute Gasteiger partial charge is 0.106 e. The van der Waals surface area contributed by atoms with Gasteiger partial charge in [-0.05, 0) is 32.4 Å². The summed E-state index contributed by atoms with van der Waals surface area (Å²) in [5.74, 6) is 0. The van der Waals surface area contributed by atoms with Crippen molar-refractivity contribution in [2.45, 2.75) is 27.2 Å². The number of rotatable bonds is 5. The largest absolute Gasteiger partial charge is 0.389 e. The van der Waals surface area contributed by atoms with Crippen LogP contribution in [-0.4, -0.2) is 18.1 Å². The Morgan fingerprint density at radius 1 is 1.38 bits per heavy atom. The topological polar surface area (TPSA) is 29.3 Å². The van der Waals surface area contributed by atoms with Crippen LogP contribution in [0.4, 0.5) is 5.69 Å². The summed E-state index contributed by atoms with van der Waals surface area (Å²) in [5.41, 5.74) is 9.12. The van der Waals surface area contributed by atoms with Crippen LogP contribution in [-0.2, 0) is 0 Å². The number of aryl methyl sites for hydroxylation is 1. The zero-order chi connectivity index (χ0) is 12.1. The molecule has 0 bridgehead atoms. The minimum atomic E-state index is 0.480. The second kappa shape index (κ2) is 5.85. The minimum absolute atomic E-state index is 0.480. The van der Waals surface area contributed by atoms with E-state index in [0.717, 1.165) is 30.8 Å². The van der Waals surface area contributed by atoms with E-state index in [4.69, 9.17) is 18.0 Å². The summed E-state index contributed by atoms with van der Waals surface area (Å²) < 4.78 is 0. The molecule has 0 radical (unpaired) electrons. The summed E-state index contributed by atoms with van der Waals surface area (Å²) in [4.78, 5) is 2.79. The Balaban J connectivity index is 3.14. The van der Waals surface area contributed by atoms with Crippen LogP contribution in [0.5, 0.6) is 0 Å². The molecule has 1 aromatic carbocycles. The van der Waals surface area contributed by atoms with Gasteiger partial charge in [-0.15, -0.1) is 0 Å². The quantitative estimate of drug-likeness (QED) is 0.797. The van der Waals surface area contributed by atoms with Gasteiger partial charge in [0.2, 0.25) is 0 Å². The van der Waals surface area contributed by atoms with Gasteiger partial charge in [0.05, 0.1) is 0 Å². The summed E-state index contributed by atoms with van der Waals surface area (Å²) in [6.45, 7) is 8.40. The molecule has 16 heavy (non-hydrogen) atoms. The highest BCUT2D eigenvalue weighted by Crippen LogP contribution is 2.22. The molecule has 2 nitrogen and oxygen atoms in total. The number of thiocarbonyl (C=S) groups is 1. The first kappa shape index (κ1) is 13.0. The number of nitrogens with two attached hydrogens (primary N) is 1. The van der Waals surface area contributed by atoms with Gasteiger partial charge in [-0.3, -0.25) is 0 Å². The van der Waals surface area contributed by atoms with Crippen LogP contribution in [0.2, 0.25) is 0 Å². The molecule has 0 aliphatic rings. The van der Waals surface area contributed by atoms with Crippen molar-refractivity contribution in [1.82, 2.24) is 0 Å². The van der Waals surface area contributed by atoms with E-state index in [1.807, 2.05) is 0 Å². The molecule has 0 unspecified atom stereocenters. The molecule has 0 saturated heterocycles. The summed E-state index contributed by atoms with van der Waals surface area (Å²) in [7, 11) is 0. The van der Waals surface area contributed by atoms with Crippen molar-refractivity contribution in [1.29, 1.82) is 0 Å². The number of benzene rings is 1. The molecule has 0 saturated carbocycles. The van der Waals surface area contributed by atoms with E-state index in [9.17, 15) is 0 Å². The first-order valence-corrected chi connectivity index (χ1v) is 6.16. The molecular formula is C13H20N2S. The zero-order valence-electron chi connectivity index (χ0n) is 10.3. The van der Waals surface area contributed by atoms with Crippen LogP contribution in [0, 0.1) is 6.92 Å². The van der Waals surface area contributed by atoms with Crippen LogP contribution >= 0.6 is 12.2 Å². The van der Waals surface area contributed by atoms with Crippen molar-refractivity contribution in [3.8, 4) is 0 Å². The third kappa shape index (κ3) is 2.95. The van der Waals surface area contributed by atoms with Gasteiger partial charge in [-0.2, -0.15) is 0 Å². The fourth-order valence-corrected chi connectivity index (χ4v) is 2.01. The van der Waals surface area contributed by atoms with Gasteiger partial charge in [0.25, 0.3) is 0 Å². The van der Waals surface area contributed by atoms with Gasteiger partial charge < -0.3 is 10.6 Å². The Kier molecular flexibility index (Phi) is 4.74. The normalized spacial score (nSPS) is 10.2. The van der Waals surface area contributed by atoms with Crippen molar-refractivity contribution in [3.63, 3.8) is 0 Å². The molecule has 0 heterocycles. The number of anilines is 1. The van der Waals surface area contributed by atoms with Gasteiger partial charge >= 0.3 is 0 Å². The molecule has 0 aliphatic heterocycles. The molecule has 3 heteroatoms. The Morgan fingerprint density at radius 2 is 2.06 bits per heavy atom. The maximum Gasteiger partial charge on any atom is 0.106 e. The molecule has 0 spiro atoms. The Labute approximate surface area is 103 Å². The lowest BCUT2D eigenvalue weighted by Gasteiger charge is -2.25. The molecular weight excluding hydrogens is 216 g/mol. The highest BCUT2D eigenvalue weighted by Gasteiger charge is 2.10. The van der Waals surface area contributed by atoms with E-state index < -0.39 is 0 Å². The Morgan fingerprint density at radius 3 is 2.56 bits per heavy atom. The second-order valence-corrected chi connectivity index (χ2v) is 4.40. The van der Waals surface area contributed by atoms with Crippen molar-refractivity contribution in [3.05, 3.63) is 29.3 Å². The predicted molar refractivity (Wildman–Crippen MR) is 75.2 cm³/mol. The first-order chi connectivity index (χ1) is 7.60. The van der Waals surface area contributed by atoms with Crippen molar-refractivity contribution in [2.24, 2.45) is 5.73 Å². The second-order valence-electron chi connectivity index (χ2n) is 3.96. The summed E-state index contributed by atoms with van der Waals surface area (Å²) in [5, 5.41) is 0. The van der Waals surface area contributed by atoms with Gasteiger partial charge in [0, 0.05) is 24.3 Å².